The molecule has 0 atom stereocenters. The molecule has 6 heteroatoms. The third-order valence-electron chi connectivity index (χ3n) is 4.46. The minimum Gasteiger partial charge on any atom is -0.336 e. The summed E-state index contributed by atoms with van der Waals surface area (Å²) in [5.41, 5.74) is -0.668. The van der Waals surface area contributed by atoms with Gasteiger partial charge in [0.25, 0.3) is 5.56 Å². The second-order valence-corrected chi connectivity index (χ2v) is 5.88. The monoisotopic (exact) mass is 310 g/mol. The number of benzene rings is 1. The number of nitrogens with two attached hydrogens (primary N) is 1. The van der Waals surface area contributed by atoms with Crippen molar-refractivity contribution in [1.29, 1.82) is 0 Å². The van der Waals surface area contributed by atoms with Gasteiger partial charge < -0.3 is 5.84 Å². The molecule has 1 heterocycles. The Morgan fingerprint density at radius 3 is 2.41 bits per heavy atom. The summed E-state index contributed by atoms with van der Waals surface area (Å²) < 4.78 is 40.1. The Labute approximate surface area is 125 Å². The molecule has 0 saturated heterocycles. The van der Waals surface area contributed by atoms with Gasteiger partial charge in [0.1, 0.15) is 0 Å². The first kappa shape index (κ1) is 14.9. The van der Waals surface area contributed by atoms with E-state index in [4.69, 9.17) is 5.84 Å². The molecule has 22 heavy (non-hydrogen) atoms. The lowest BCUT2D eigenvalue weighted by Gasteiger charge is -2.23. The molecule has 118 valence electrons. The van der Waals surface area contributed by atoms with Crippen LogP contribution in [0.5, 0.6) is 0 Å². The van der Waals surface area contributed by atoms with Gasteiger partial charge in [-0.3, -0.25) is 4.79 Å². The number of fused-ring (bicyclic) bond motifs is 1. The lowest BCUT2D eigenvalue weighted by molar-refractivity contribution is -0.136. The fourth-order valence-electron chi connectivity index (χ4n) is 3.29. The van der Waals surface area contributed by atoms with Crippen LogP contribution < -0.4 is 11.4 Å². The van der Waals surface area contributed by atoms with Crippen LogP contribution in [-0.2, 0) is 6.18 Å². The maximum atomic E-state index is 13.1. The van der Waals surface area contributed by atoms with E-state index >= 15 is 0 Å². The normalized spacial score (nSPS) is 17.0. The van der Waals surface area contributed by atoms with Crippen LogP contribution in [0.3, 0.4) is 0 Å². The van der Waals surface area contributed by atoms with Gasteiger partial charge >= 0.3 is 6.18 Å². The fraction of sp³-hybridized carbons (Fsp3) is 0.438. The van der Waals surface area contributed by atoms with E-state index < -0.39 is 17.3 Å². The summed E-state index contributed by atoms with van der Waals surface area (Å²) in [5, 5.41) is -0.0332. The van der Waals surface area contributed by atoms with E-state index in [9.17, 15) is 18.0 Å². The van der Waals surface area contributed by atoms with Crippen molar-refractivity contribution in [2.75, 3.05) is 5.84 Å². The first-order valence-corrected chi connectivity index (χ1v) is 7.40. The maximum Gasteiger partial charge on any atom is 0.417 e. The molecule has 1 aromatic heterocycles. The van der Waals surface area contributed by atoms with Crippen molar-refractivity contribution in [2.24, 2.45) is 0 Å². The van der Waals surface area contributed by atoms with Crippen molar-refractivity contribution in [3.8, 4) is 0 Å². The van der Waals surface area contributed by atoms with Crippen LogP contribution in [0.4, 0.5) is 13.2 Å². The molecule has 1 aliphatic carbocycles. The van der Waals surface area contributed by atoms with Gasteiger partial charge in [0, 0.05) is 11.5 Å². The Bertz CT molecular complexity index is 758. The van der Waals surface area contributed by atoms with Gasteiger partial charge in [-0.1, -0.05) is 31.4 Å². The lowest BCUT2D eigenvalue weighted by Crippen LogP contribution is -2.29. The molecule has 2 aromatic rings. The first-order chi connectivity index (χ1) is 10.4. The smallest absolute Gasteiger partial charge is 0.336 e. The number of rotatable bonds is 1. The SMILES string of the molecule is Nn1c(=O)cc(C(F)(F)F)c2ccc(C3CCCCC3)cc21. The summed E-state index contributed by atoms with van der Waals surface area (Å²) in [4.78, 5) is 11.7. The second kappa shape index (κ2) is 5.34. The van der Waals surface area contributed by atoms with Crippen molar-refractivity contribution in [1.82, 2.24) is 4.68 Å². The molecular weight excluding hydrogens is 293 g/mol. The molecule has 1 aliphatic rings. The topological polar surface area (TPSA) is 48.0 Å². The van der Waals surface area contributed by atoms with E-state index in [1.54, 1.807) is 12.1 Å². The Balaban J connectivity index is 2.19. The van der Waals surface area contributed by atoms with Crippen molar-refractivity contribution >= 4 is 10.9 Å². The Morgan fingerprint density at radius 1 is 1.09 bits per heavy atom. The summed E-state index contributed by atoms with van der Waals surface area (Å²) >= 11 is 0. The highest BCUT2D eigenvalue weighted by atomic mass is 19.4. The molecule has 1 fully saturated rings. The molecule has 0 radical (unpaired) electrons. The van der Waals surface area contributed by atoms with Crippen LogP contribution in [0.15, 0.2) is 29.1 Å². The zero-order valence-corrected chi connectivity index (χ0v) is 12.0. The molecular formula is C16H17F3N2O. The van der Waals surface area contributed by atoms with E-state index in [0.717, 1.165) is 35.9 Å². The minimum absolute atomic E-state index is 0.0332. The largest absolute Gasteiger partial charge is 0.417 e. The number of alkyl halides is 3. The van der Waals surface area contributed by atoms with Crippen LogP contribution in [0.1, 0.15) is 49.1 Å². The quantitative estimate of drug-likeness (QED) is 0.815. The molecule has 3 rings (SSSR count). The predicted octanol–water partition coefficient (Wildman–Crippen LogP) is 3.78. The molecule has 1 saturated carbocycles. The minimum atomic E-state index is -4.57. The molecule has 0 spiro atoms. The van der Waals surface area contributed by atoms with Gasteiger partial charge in [-0.05, 0) is 30.4 Å². The standard InChI is InChI=1S/C16H17F3N2O/c17-16(18,19)13-9-15(22)21(20)14-8-11(6-7-12(13)14)10-4-2-1-3-5-10/h6-10H,1-5,20H2. The van der Waals surface area contributed by atoms with Crippen LogP contribution in [-0.4, -0.2) is 4.68 Å². The van der Waals surface area contributed by atoms with E-state index in [1.807, 2.05) is 0 Å². The fourth-order valence-corrected chi connectivity index (χ4v) is 3.29. The molecule has 2 N–H and O–H groups in total. The van der Waals surface area contributed by atoms with Crippen molar-refractivity contribution in [3.05, 3.63) is 45.7 Å². The van der Waals surface area contributed by atoms with E-state index in [2.05, 4.69) is 0 Å². The van der Waals surface area contributed by atoms with Gasteiger partial charge in [0.05, 0.1) is 11.1 Å². The van der Waals surface area contributed by atoms with Gasteiger partial charge in [-0.2, -0.15) is 13.2 Å². The van der Waals surface area contributed by atoms with E-state index in [1.165, 1.54) is 12.5 Å². The van der Waals surface area contributed by atoms with Crippen LogP contribution in [0.2, 0.25) is 0 Å². The summed E-state index contributed by atoms with van der Waals surface area (Å²) in [6.07, 6.45) is 0.932. The van der Waals surface area contributed by atoms with Crippen LogP contribution >= 0.6 is 0 Å². The predicted molar refractivity (Wildman–Crippen MR) is 79.2 cm³/mol. The number of hydrogen-bond acceptors (Lipinski definition) is 2. The van der Waals surface area contributed by atoms with E-state index in [0.29, 0.717) is 12.0 Å². The molecule has 1 aromatic carbocycles. The van der Waals surface area contributed by atoms with E-state index in [-0.39, 0.29) is 10.9 Å². The number of halogens is 3. The molecule has 0 unspecified atom stereocenters. The Kier molecular flexibility index (Phi) is 3.62. The lowest BCUT2D eigenvalue weighted by atomic mass is 9.83. The summed E-state index contributed by atoms with van der Waals surface area (Å²) in [7, 11) is 0. The highest BCUT2D eigenvalue weighted by molar-refractivity contribution is 5.84. The third-order valence-corrected chi connectivity index (χ3v) is 4.46. The van der Waals surface area contributed by atoms with Gasteiger partial charge in [-0.25, -0.2) is 4.68 Å². The van der Waals surface area contributed by atoms with Crippen LogP contribution in [0.25, 0.3) is 10.9 Å². The highest BCUT2D eigenvalue weighted by Crippen LogP contribution is 2.37. The molecule has 3 nitrogen and oxygen atoms in total. The zero-order valence-electron chi connectivity index (χ0n) is 12.0. The number of nitrogen functional groups attached to an aromatic ring is 1. The summed E-state index contributed by atoms with van der Waals surface area (Å²) in [6, 6.07) is 5.37. The number of hydrogen-bond donors (Lipinski definition) is 1. The molecule has 0 bridgehead atoms. The average molecular weight is 310 g/mol. The van der Waals surface area contributed by atoms with Gasteiger partial charge in [-0.15, -0.1) is 0 Å². The van der Waals surface area contributed by atoms with Crippen molar-refractivity contribution in [2.45, 2.75) is 44.2 Å². The zero-order chi connectivity index (χ0) is 15.9. The molecule has 0 amide bonds. The van der Waals surface area contributed by atoms with Crippen molar-refractivity contribution < 1.29 is 13.2 Å². The van der Waals surface area contributed by atoms with Crippen molar-refractivity contribution in [3.63, 3.8) is 0 Å². The first-order valence-electron chi connectivity index (χ1n) is 7.40. The van der Waals surface area contributed by atoms with Gasteiger partial charge in [0.15, 0.2) is 0 Å². The Morgan fingerprint density at radius 2 is 1.77 bits per heavy atom. The van der Waals surface area contributed by atoms with Crippen LogP contribution in [0, 0.1) is 0 Å². The summed E-state index contributed by atoms with van der Waals surface area (Å²) in [6.45, 7) is 0. The maximum absolute atomic E-state index is 13.1. The Hall–Kier alpha value is -1.98. The second-order valence-electron chi connectivity index (χ2n) is 5.88. The number of aromatic nitrogens is 1. The highest BCUT2D eigenvalue weighted by Gasteiger charge is 2.34. The third kappa shape index (κ3) is 2.58. The molecule has 0 aliphatic heterocycles. The number of pyridine rings is 1. The number of nitrogens with zero attached hydrogens (tertiary/aromatic N) is 1. The summed E-state index contributed by atoms with van der Waals surface area (Å²) in [5.74, 6) is 6.00. The average Bonchev–Trinajstić information content (AvgIpc) is 2.50. The van der Waals surface area contributed by atoms with Gasteiger partial charge in [0.2, 0.25) is 0 Å².